The van der Waals surface area contributed by atoms with E-state index in [2.05, 4.69) is 30.4 Å². The molecule has 0 bridgehead atoms. The number of sulfonamides is 1. The standard InChI is InChI=1S/C25H45BN2O2S/c1-4-18-11-12-21(22(17-27-3)23-13-14-26-23)16-24(18)31(29,30)28-15-7-10-20-9-6-8-19(5-2)25(20)28/h18-22,24-25,27H,4-17H2,1-3H3. The Hall–Kier alpha value is -0.195. The monoisotopic (exact) mass is 448 g/mol. The van der Waals surface area contributed by atoms with Crippen LogP contribution in [0.4, 0.5) is 0 Å². The summed E-state index contributed by atoms with van der Waals surface area (Å²) in [5.41, 5.74) is 1.59. The van der Waals surface area contributed by atoms with Crippen LogP contribution in [0.25, 0.3) is 0 Å². The Morgan fingerprint density at radius 1 is 1.06 bits per heavy atom. The summed E-state index contributed by atoms with van der Waals surface area (Å²) >= 11 is 0. The van der Waals surface area contributed by atoms with Crippen molar-refractivity contribution in [3.63, 3.8) is 0 Å². The molecular weight excluding hydrogens is 403 g/mol. The van der Waals surface area contributed by atoms with E-state index in [-0.39, 0.29) is 11.3 Å². The van der Waals surface area contributed by atoms with Crippen LogP contribution in [0, 0.1) is 29.6 Å². The third-order valence-corrected chi connectivity index (χ3v) is 11.9. The number of hydrogen-bond acceptors (Lipinski definition) is 3. The van der Waals surface area contributed by atoms with Crippen LogP contribution in [-0.2, 0) is 10.0 Å². The molecular formula is C25H45BN2O2S. The average Bonchev–Trinajstić information content (AvgIpc) is 2.76. The first-order valence-corrected chi connectivity index (χ1v) is 14.9. The van der Waals surface area contributed by atoms with Crippen LogP contribution in [-0.4, -0.2) is 56.5 Å². The minimum absolute atomic E-state index is 0.172. The van der Waals surface area contributed by atoms with Crippen LogP contribution in [0.15, 0.2) is 0 Å². The van der Waals surface area contributed by atoms with E-state index in [9.17, 15) is 8.42 Å². The molecule has 31 heavy (non-hydrogen) atoms. The van der Waals surface area contributed by atoms with E-state index in [0.717, 1.165) is 45.2 Å². The van der Waals surface area contributed by atoms with E-state index in [1.165, 1.54) is 44.8 Å². The van der Waals surface area contributed by atoms with Crippen molar-refractivity contribution in [2.24, 2.45) is 29.6 Å². The zero-order chi connectivity index (χ0) is 22.0. The van der Waals surface area contributed by atoms with Crippen molar-refractivity contribution in [2.45, 2.75) is 102 Å². The first-order chi connectivity index (χ1) is 15.0. The molecule has 4 nitrogen and oxygen atoms in total. The molecule has 4 rings (SSSR count). The molecule has 7 unspecified atom stereocenters. The number of fused-ring (bicyclic) bond motifs is 1. The fourth-order valence-corrected chi connectivity index (χ4v) is 10.3. The van der Waals surface area contributed by atoms with E-state index in [4.69, 9.17) is 0 Å². The predicted octanol–water partition coefficient (Wildman–Crippen LogP) is 4.34. The van der Waals surface area contributed by atoms with Gasteiger partial charge in [0.1, 0.15) is 0 Å². The molecule has 7 atom stereocenters. The van der Waals surface area contributed by atoms with Gasteiger partial charge in [0, 0.05) is 0 Å². The Balaban J connectivity index is 1.59. The number of rotatable bonds is 8. The molecule has 3 fully saturated rings. The maximum absolute atomic E-state index is 14.3. The normalized spacial score (nSPS) is 37.8. The molecule has 6 heteroatoms. The van der Waals surface area contributed by atoms with E-state index >= 15 is 0 Å². The van der Waals surface area contributed by atoms with Gasteiger partial charge in [0.15, 0.2) is 0 Å². The summed E-state index contributed by atoms with van der Waals surface area (Å²) in [6, 6.07) is 0.276. The maximum atomic E-state index is 14.3. The third-order valence-electron chi connectivity index (χ3n) is 9.44. The first-order valence-electron chi connectivity index (χ1n) is 13.3. The summed E-state index contributed by atoms with van der Waals surface area (Å²) in [6.45, 7) is 8.64. The summed E-state index contributed by atoms with van der Waals surface area (Å²) in [5.74, 6) is 2.53. The average molecular weight is 449 g/mol. The molecule has 0 aromatic heterocycles. The molecule has 1 N–H and O–H groups in total. The van der Waals surface area contributed by atoms with E-state index < -0.39 is 10.0 Å². The summed E-state index contributed by atoms with van der Waals surface area (Å²) in [5, 5.41) is 3.23. The molecule has 0 amide bonds. The van der Waals surface area contributed by atoms with Crippen molar-refractivity contribution in [3.8, 4) is 0 Å². The second kappa shape index (κ2) is 10.4. The molecule has 4 aliphatic rings. The molecule has 1 saturated heterocycles. The van der Waals surface area contributed by atoms with Crippen LogP contribution >= 0.6 is 0 Å². The molecule has 2 heterocycles. The number of piperidine rings is 1. The summed E-state index contributed by atoms with van der Waals surface area (Å²) in [4.78, 5) is 0. The number of nitrogens with one attached hydrogen (secondary N) is 1. The summed E-state index contributed by atoms with van der Waals surface area (Å²) in [7, 11) is -1.22. The van der Waals surface area contributed by atoms with Crippen molar-refractivity contribution in [3.05, 3.63) is 0 Å². The van der Waals surface area contributed by atoms with Gasteiger partial charge in [-0.05, 0) is 0 Å². The van der Waals surface area contributed by atoms with Gasteiger partial charge in [-0.15, -0.1) is 0 Å². The molecule has 2 saturated carbocycles. The quantitative estimate of drug-likeness (QED) is 0.562. The van der Waals surface area contributed by atoms with Crippen molar-refractivity contribution in [2.75, 3.05) is 20.1 Å². The Labute approximate surface area is 192 Å². The van der Waals surface area contributed by atoms with Gasteiger partial charge in [-0.1, -0.05) is 0 Å². The van der Waals surface area contributed by atoms with E-state index in [1.54, 1.807) is 5.46 Å². The van der Waals surface area contributed by atoms with E-state index in [0.29, 0.717) is 29.6 Å². The van der Waals surface area contributed by atoms with Gasteiger partial charge in [0.05, 0.1) is 0 Å². The van der Waals surface area contributed by atoms with E-state index in [1.807, 2.05) is 7.05 Å². The fraction of sp³-hybridized carbons (Fsp3) is 0.960. The Morgan fingerprint density at radius 3 is 2.45 bits per heavy atom. The van der Waals surface area contributed by atoms with Crippen LogP contribution < -0.4 is 5.32 Å². The van der Waals surface area contributed by atoms with Gasteiger partial charge in [0.2, 0.25) is 0 Å². The van der Waals surface area contributed by atoms with Gasteiger partial charge < -0.3 is 0 Å². The molecule has 2 aliphatic carbocycles. The van der Waals surface area contributed by atoms with Crippen LogP contribution in [0.3, 0.4) is 0 Å². The van der Waals surface area contributed by atoms with Crippen molar-refractivity contribution < 1.29 is 8.42 Å². The van der Waals surface area contributed by atoms with Crippen LogP contribution in [0.1, 0.15) is 84.5 Å². The van der Waals surface area contributed by atoms with Gasteiger partial charge in [-0.25, -0.2) is 0 Å². The SMILES string of the molecule is CCC1CCCC2CCCN(S(=O)(=O)C3CC(C(CNC)C4=BCC4)CCC3CC)C12. The number of hydrogen-bond donors (Lipinski definition) is 1. The molecule has 0 aromatic rings. The third kappa shape index (κ3) is 4.73. The summed E-state index contributed by atoms with van der Waals surface area (Å²) in [6.07, 6.45) is 13.7. The number of nitrogens with zero attached hydrogens (tertiary/aromatic N) is 1. The summed E-state index contributed by atoms with van der Waals surface area (Å²) < 4.78 is 30.7. The van der Waals surface area contributed by atoms with Crippen LogP contribution in [0.5, 0.6) is 0 Å². The predicted molar refractivity (Wildman–Crippen MR) is 132 cm³/mol. The zero-order valence-corrected chi connectivity index (χ0v) is 21.0. The Bertz CT molecular complexity index is 731. The molecule has 0 radical (unpaired) electrons. The molecule has 0 spiro atoms. The molecule has 2 aliphatic heterocycles. The van der Waals surface area contributed by atoms with Crippen molar-refractivity contribution in [1.82, 2.24) is 9.62 Å². The Morgan fingerprint density at radius 2 is 1.81 bits per heavy atom. The topological polar surface area (TPSA) is 49.4 Å². The zero-order valence-electron chi connectivity index (χ0n) is 20.2. The Kier molecular flexibility index (Phi) is 8.02. The molecule has 0 aromatic carbocycles. The van der Waals surface area contributed by atoms with Gasteiger partial charge >= 0.3 is 192 Å². The van der Waals surface area contributed by atoms with Crippen LogP contribution in [0.2, 0.25) is 6.32 Å². The van der Waals surface area contributed by atoms with Gasteiger partial charge in [0.25, 0.3) is 0 Å². The molecule has 176 valence electrons. The van der Waals surface area contributed by atoms with Crippen molar-refractivity contribution >= 4 is 22.4 Å². The van der Waals surface area contributed by atoms with Crippen molar-refractivity contribution in [1.29, 1.82) is 0 Å². The fourth-order valence-electron chi connectivity index (χ4n) is 7.62. The van der Waals surface area contributed by atoms with Gasteiger partial charge in [-0.3, -0.25) is 0 Å². The first kappa shape index (κ1) is 23.9. The second-order valence-corrected chi connectivity index (χ2v) is 13.0. The second-order valence-electron chi connectivity index (χ2n) is 10.9. The van der Waals surface area contributed by atoms with Gasteiger partial charge in [-0.2, -0.15) is 0 Å². The minimum atomic E-state index is -3.26.